The summed E-state index contributed by atoms with van der Waals surface area (Å²) in [7, 11) is -4.20. The predicted molar refractivity (Wildman–Crippen MR) is 81.1 cm³/mol. The number of hydrogen-bond donors (Lipinski definition) is 0. The molecule has 0 aromatic carbocycles. The molecule has 24 heavy (non-hydrogen) atoms. The van der Waals surface area contributed by atoms with E-state index in [9.17, 15) is 14.2 Å². The third-order valence-corrected chi connectivity index (χ3v) is 3.73. The van der Waals surface area contributed by atoms with Gasteiger partial charge in [0.2, 0.25) is 12.6 Å². The van der Waals surface area contributed by atoms with Crippen molar-refractivity contribution in [2.75, 3.05) is 13.2 Å². The summed E-state index contributed by atoms with van der Waals surface area (Å²) in [5.41, 5.74) is 0. The third-order valence-electron chi connectivity index (χ3n) is 1.94. The van der Waals surface area contributed by atoms with Gasteiger partial charge in [-0.3, -0.25) is 4.52 Å². The monoisotopic (exact) mass is 372 g/mol. The highest BCUT2D eigenvalue weighted by Gasteiger charge is 2.35. The van der Waals surface area contributed by atoms with E-state index in [0.717, 1.165) is 0 Å². The molecule has 142 valence electrons. The number of rotatable bonds is 10. The zero-order valence-electron chi connectivity index (χ0n) is 14.7. The van der Waals surface area contributed by atoms with Gasteiger partial charge in [0, 0.05) is 0 Å². The van der Waals surface area contributed by atoms with Gasteiger partial charge in [0.05, 0.1) is 19.3 Å². The third kappa shape index (κ3) is 10.4. The molecule has 0 bridgehead atoms. The molecule has 2 atom stereocenters. The molecular weight excluding hydrogens is 347 g/mol. The van der Waals surface area contributed by atoms with Crippen LogP contribution in [0.25, 0.3) is 0 Å². The highest BCUT2D eigenvalue weighted by atomic mass is 31.2. The Balaban J connectivity index is 4.78. The van der Waals surface area contributed by atoms with Gasteiger partial charge in [-0.05, 0) is 41.5 Å². The number of phosphoric acid groups is 1. The van der Waals surface area contributed by atoms with E-state index in [1.807, 2.05) is 0 Å². The maximum Gasteiger partial charge on any atom is 0.510 e. The number of hydrogen-bond acceptors (Lipinski definition) is 10. The summed E-state index contributed by atoms with van der Waals surface area (Å²) in [6.07, 6.45) is -5.12. The summed E-state index contributed by atoms with van der Waals surface area (Å²) in [4.78, 5) is 22.4. The first-order valence-electron chi connectivity index (χ1n) is 7.43. The fourth-order valence-electron chi connectivity index (χ4n) is 1.31. The second kappa shape index (κ2) is 11.2. The molecule has 0 aromatic heterocycles. The summed E-state index contributed by atoms with van der Waals surface area (Å²) in [6.45, 7) is 9.18. The first-order chi connectivity index (χ1) is 11.1. The number of phosphoric ester groups is 1. The fourth-order valence-corrected chi connectivity index (χ4v) is 2.79. The van der Waals surface area contributed by atoms with Crippen LogP contribution in [-0.4, -0.2) is 44.2 Å². The van der Waals surface area contributed by atoms with Crippen molar-refractivity contribution in [2.24, 2.45) is 0 Å². The minimum Gasteiger partial charge on any atom is -0.435 e. The predicted octanol–water partition coefficient (Wildman–Crippen LogP) is 3.59. The summed E-state index contributed by atoms with van der Waals surface area (Å²) >= 11 is 0. The molecule has 0 aliphatic heterocycles. The van der Waals surface area contributed by atoms with E-state index >= 15 is 0 Å². The molecule has 10 nitrogen and oxygen atoms in total. The van der Waals surface area contributed by atoms with Crippen molar-refractivity contribution in [3.8, 4) is 0 Å². The van der Waals surface area contributed by atoms with Crippen LogP contribution >= 0.6 is 7.82 Å². The Morgan fingerprint density at radius 1 is 0.792 bits per heavy atom. The number of carbonyl (C=O) groups excluding carboxylic acids is 2. The molecule has 0 rings (SSSR count). The number of carbonyl (C=O) groups is 2. The van der Waals surface area contributed by atoms with Crippen molar-refractivity contribution >= 4 is 20.1 Å². The highest BCUT2D eigenvalue weighted by Crippen LogP contribution is 2.52. The highest BCUT2D eigenvalue weighted by molar-refractivity contribution is 7.48. The van der Waals surface area contributed by atoms with Crippen molar-refractivity contribution < 1.29 is 46.7 Å². The summed E-state index contributed by atoms with van der Waals surface area (Å²) < 4.78 is 46.4. The lowest BCUT2D eigenvalue weighted by Crippen LogP contribution is -2.23. The van der Waals surface area contributed by atoms with Gasteiger partial charge in [0.25, 0.3) is 0 Å². The molecule has 0 aliphatic rings. The van der Waals surface area contributed by atoms with Crippen LogP contribution in [0.1, 0.15) is 41.5 Å². The maximum atomic E-state index is 12.6. The Morgan fingerprint density at radius 3 is 1.46 bits per heavy atom. The van der Waals surface area contributed by atoms with Gasteiger partial charge in [0.1, 0.15) is 0 Å². The van der Waals surface area contributed by atoms with E-state index in [1.165, 1.54) is 13.8 Å². The molecule has 11 heteroatoms. The first-order valence-corrected chi connectivity index (χ1v) is 8.90. The minimum absolute atomic E-state index is 0.104. The second-order valence-electron chi connectivity index (χ2n) is 4.55. The molecule has 0 aromatic rings. The van der Waals surface area contributed by atoms with Crippen LogP contribution in [0.4, 0.5) is 9.59 Å². The Hall–Kier alpha value is -1.35. The SMILES string of the molecule is CCOC(=O)OC(C)OP(=O)(OC(C)C)OC(C)OC(=O)OCC. The van der Waals surface area contributed by atoms with Gasteiger partial charge < -0.3 is 18.9 Å². The average Bonchev–Trinajstić information content (AvgIpc) is 2.35. The topological polar surface area (TPSA) is 116 Å². The van der Waals surface area contributed by atoms with Crippen molar-refractivity contribution in [3.63, 3.8) is 0 Å². The normalized spacial score (nSPS) is 16.0. The zero-order valence-corrected chi connectivity index (χ0v) is 15.6. The number of ether oxygens (including phenoxy) is 4. The largest absolute Gasteiger partial charge is 0.510 e. The van der Waals surface area contributed by atoms with Crippen molar-refractivity contribution in [2.45, 2.75) is 60.2 Å². The Labute approximate surface area is 141 Å². The molecule has 0 N–H and O–H groups in total. The van der Waals surface area contributed by atoms with Crippen molar-refractivity contribution in [3.05, 3.63) is 0 Å². The van der Waals surface area contributed by atoms with Crippen LogP contribution in [0.15, 0.2) is 0 Å². The molecule has 2 unspecified atom stereocenters. The van der Waals surface area contributed by atoms with E-state index in [2.05, 4.69) is 9.47 Å². The fraction of sp³-hybridized carbons (Fsp3) is 0.846. The molecule has 0 heterocycles. The Morgan fingerprint density at radius 2 is 1.17 bits per heavy atom. The van der Waals surface area contributed by atoms with Gasteiger partial charge >= 0.3 is 20.1 Å². The van der Waals surface area contributed by atoms with Crippen molar-refractivity contribution in [1.82, 2.24) is 0 Å². The molecule has 0 saturated carbocycles. The van der Waals surface area contributed by atoms with E-state index in [-0.39, 0.29) is 13.2 Å². The lowest BCUT2D eigenvalue weighted by atomic mass is 10.5. The van der Waals surface area contributed by atoms with E-state index in [0.29, 0.717) is 0 Å². The first kappa shape index (κ1) is 22.6. The maximum absolute atomic E-state index is 12.6. The summed E-state index contributed by atoms with van der Waals surface area (Å²) in [6, 6.07) is 0. The van der Waals surface area contributed by atoms with Crippen LogP contribution in [0.5, 0.6) is 0 Å². The van der Waals surface area contributed by atoms with Crippen molar-refractivity contribution in [1.29, 1.82) is 0 Å². The zero-order chi connectivity index (χ0) is 18.8. The van der Waals surface area contributed by atoms with E-state index < -0.39 is 38.8 Å². The van der Waals surface area contributed by atoms with Crippen LogP contribution in [0.3, 0.4) is 0 Å². The molecule has 0 spiro atoms. The van der Waals surface area contributed by atoms with Crippen LogP contribution in [0.2, 0.25) is 0 Å². The van der Waals surface area contributed by atoms with Gasteiger partial charge in [-0.2, -0.15) is 0 Å². The van der Waals surface area contributed by atoms with Gasteiger partial charge in [0.15, 0.2) is 0 Å². The van der Waals surface area contributed by atoms with E-state index in [1.54, 1.807) is 27.7 Å². The average molecular weight is 372 g/mol. The molecule has 0 amide bonds. The molecule has 0 radical (unpaired) electrons. The van der Waals surface area contributed by atoms with Gasteiger partial charge in [-0.25, -0.2) is 23.2 Å². The lowest BCUT2D eigenvalue weighted by molar-refractivity contribution is -0.104. The Kier molecular flexibility index (Phi) is 10.6. The van der Waals surface area contributed by atoms with Gasteiger partial charge in [-0.1, -0.05) is 0 Å². The van der Waals surface area contributed by atoms with Crippen LogP contribution in [0, 0.1) is 0 Å². The standard InChI is InChI=1S/C13H25O10P/c1-7-17-12(14)19-10(5)22-24(16,21-9(3)4)23-11(6)20-13(15)18-8-2/h9-11H,7-8H2,1-6H3. The molecule has 0 saturated heterocycles. The summed E-state index contributed by atoms with van der Waals surface area (Å²) in [5, 5.41) is 0. The van der Waals surface area contributed by atoms with Crippen LogP contribution in [-0.2, 0) is 37.1 Å². The minimum atomic E-state index is -4.20. The van der Waals surface area contributed by atoms with Crippen LogP contribution < -0.4 is 0 Å². The molecular formula is C13H25O10P. The second-order valence-corrected chi connectivity index (χ2v) is 6.08. The molecule has 0 fully saturated rings. The summed E-state index contributed by atoms with van der Waals surface area (Å²) in [5.74, 6) is 0. The lowest BCUT2D eigenvalue weighted by Gasteiger charge is -2.25. The van der Waals surface area contributed by atoms with E-state index in [4.69, 9.17) is 23.0 Å². The smallest absolute Gasteiger partial charge is 0.435 e. The van der Waals surface area contributed by atoms with Gasteiger partial charge in [-0.15, -0.1) is 0 Å². The quantitative estimate of drug-likeness (QED) is 0.320. The Bertz CT molecular complexity index is 406. The molecule has 0 aliphatic carbocycles.